The minimum absolute atomic E-state index is 0.0880. The summed E-state index contributed by atoms with van der Waals surface area (Å²) in [6.45, 7) is 2.95. The maximum Gasteiger partial charge on any atom is 0.236 e. The normalized spacial score (nSPS) is 26.9. The van der Waals surface area contributed by atoms with E-state index in [1.807, 2.05) is 7.05 Å². The summed E-state index contributed by atoms with van der Waals surface area (Å²) >= 11 is 0. The molecular weight excluding hydrogens is 223 g/mol. The fourth-order valence-corrected chi connectivity index (χ4v) is 2.73. The van der Waals surface area contributed by atoms with E-state index in [0.717, 1.165) is 18.0 Å². The molecule has 0 aliphatic carbocycles. The van der Waals surface area contributed by atoms with Gasteiger partial charge < -0.3 is 4.90 Å². The van der Waals surface area contributed by atoms with E-state index in [1.165, 1.54) is 6.92 Å². The lowest BCUT2D eigenvalue weighted by Crippen LogP contribution is -2.44. The van der Waals surface area contributed by atoms with Crippen molar-refractivity contribution in [3.63, 3.8) is 0 Å². The Bertz CT molecular complexity index is 335. The first-order valence-corrected chi connectivity index (χ1v) is 6.12. The van der Waals surface area contributed by atoms with E-state index in [0.29, 0.717) is 12.8 Å². The van der Waals surface area contributed by atoms with E-state index in [9.17, 15) is 14.0 Å². The molecule has 1 unspecified atom stereocenters. The van der Waals surface area contributed by atoms with Crippen molar-refractivity contribution >= 4 is 11.8 Å². The highest BCUT2D eigenvalue weighted by atomic mass is 19.1. The molecular formula is C12H19FN2O2. The van der Waals surface area contributed by atoms with E-state index in [1.54, 1.807) is 0 Å². The first kappa shape index (κ1) is 12.5. The molecule has 0 aromatic rings. The van der Waals surface area contributed by atoms with Crippen LogP contribution in [0.2, 0.25) is 0 Å². The zero-order chi connectivity index (χ0) is 12.6. The lowest BCUT2D eigenvalue weighted by atomic mass is 9.77. The van der Waals surface area contributed by atoms with Crippen LogP contribution >= 0.6 is 0 Å². The first-order valence-electron chi connectivity index (χ1n) is 6.12. The van der Waals surface area contributed by atoms with Gasteiger partial charge in [-0.2, -0.15) is 0 Å². The molecule has 0 aromatic carbocycles. The number of carbonyl (C=O) groups excluding carboxylic acids is 2. The summed E-state index contributed by atoms with van der Waals surface area (Å²) in [4.78, 5) is 27.3. The minimum Gasteiger partial charge on any atom is -0.306 e. The predicted molar refractivity (Wildman–Crippen MR) is 61.1 cm³/mol. The Morgan fingerprint density at radius 1 is 1.35 bits per heavy atom. The molecule has 2 amide bonds. The number of halogens is 1. The largest absolute Gasteiger partial charge is 0.306 e. The molecule has 2 fully saturated rings. The van der Waals surface area contributed by atoms with Gasteiger partial charge in [-0.05, 0) is 39.9 Å². The minimum atomic E-state index is -1.15. The monoisotopic (exact) mass is 242 g/mol. The third-order valence-electron chi connectivity index (χ3n) is 3.87. The van der Waals surface area contributed by atoms with Crippen molar-refractivity contribution in [2.75, 3.05) is 26.7 Å². The maximum atomic E-state index is 13.0. The van der Waals surface area contributed by atoms with Crippen LogP contribution < -0.4 is 0 Å². The van der Waals surface area contributed by atoms with Gasteiger partial charge >= 0.3 is 0 Å². The smallest absolute Gasteiger partial charge is 0.236 e. The number of hydrogen-bond donors (Lipinski definition) is 0. The third kappa shape index (κ3) is 2.20. The van der Waals surface area contributed by atoms with E-state index in [-0.39, 0.29) is 24.8 Å². The van der Waals surface area contributed by atoms with Crippen LogP contribution in [0.3, 0.4) is 0 Å². The van der Waals surface area contributed by atoms with Crippen molar-refractivity contribution in [1.29, 1.82) is 0 Å². The zero-order valence-electron chi connectivity index (χ0n) is 10.4. The molecule has 0 bridgehead atoms. The van der Waals surface area contributed by atoms with E-state index >= 15 is 0 Å². The van der Waals surface area contributed by atoms with Gasteiger partial charge in [0.1, 0.15) is 6.17 Å². The zero-order valence-corrected chi connectivity index (χ0v) is 10.4. The summed E-state index contributed by atoms with van der Waals surface area (Å²) in [6, 6.07) is 0. The second-order valence-electron chi connectivity index (χ2n) is 5.35. The molecule has 0 N–H and O–H groups in total. The molecule has 1 spiro atoms. The molecule has 17 heavy (non-hydrogen) atoms. The van der Waals surface area contributed by atoms with E-state index < -0.39 is 11.6 Å². The summed E-state index contributed by atoms with van der Waals surface area (Å²) in [5, 5.41) is 0. The quantitative estimate of drug-likeness (QED) is 0.673. The number of carbonyl (C=O) groups is 2. The molecule has 96 valence electrons. The van der Waals surface area contributed by atoms with Crippen LogP contribution in [0.1, 0.15) is 26.2 Å². The molecule has 0 radical (unpaired) electrons. The van der Waals surface area contributed by atoms with E-state index in [4.69, 9.17) is 0 Å². The molecule has 2 aliphatic rings. The number of amides is 2. The molecule has 2 saturated heterocycles. The van der Waals surface area contributed by atoms with Gasteiger partial charge in [0.05, 0.1) is 12.0 Å². The Kier molecular flexibility index (Phi) is 3.21. The topological polar surface area (TPSA) is 40.6 Å². The summed E-state index contributed by atoms with van der Waals surface area (Å²) < 4.78 is 13.0. The van der Waals surface area contributed by atoms with Crippen molar-refractivity contribution in [3.8, 4) is 0 Å². The molecule has 0 saturated carbocycles. The van der Waals surface area contributed by atoms with Crippen LogP contribution in [-0.2, 0) is 9.59 Å². The molecule has 2 heterocycles. The number of rotatable bonds is 2. The highest BCUT2D eigenvalue weighted by Gasteiger charge is 2.52. The van der Waals surface area contributed by atoms with Crippen molar-refractivity contribution in [3.05, 3.63) is 0 Å². The number of imide groups is 1. The Morgan fingerprint density at radius 3 is 2.47 bits per heavy atom. The van der Waals surface area contributed by atoms with Gasteiger partial charge in [-0.25, -0.2) is 4.39 Å². The van der Waals surface area contributed by atoms with Crippen molar-refractivity contribution < 1.29 is 14.0 Å². The van der Waals surface area contributed by atoms with Gasteiger partial charge in [-0.3, -0.25) is 14.5 Å². The highest BCUT2D eigenvalue weighted by Crippen LogP contribution is 2.41. The fourth-order valence-electron chi connectivity index (χ4n) is 2.73. The van der Waals surface area contributed by atoms with Gasteiger partial charge in [0, 0.05) is 6.42 Å². The van der Waals surface area contributed by atoms with Gasteiger partial charge in [0.15, 0.2) is 0 Å². The Labute approximate surface area is 101 Å². The second kappa shape index (κ2) is 4.37. The number of alkyl halides is 1. The van der Waals surface area contributed by atoms with Crippen LogP contribution in [-0.4, -0.2) is 54.5 Å². The SMILES string of the molecule is CC(F)CN1C(=O)CC2(CCN(C)CC2)C1=O. The van der Waals surface area contributed by atoms with Gasteiger partial charge in [0.25, 0.3) is 0 Å². The Hall–Kier alpha value is -0.970. The van der Waals surface area contributed by atoms with Gasteiger partial charge in [-0.15, -0.1) is 0 Å². The van der Waals surface area contributed by atoms with Crippen molar-refractivity contribution in [2.45, 2.75) is 32.4 Å². The summed E-state index contributed by atoms with van der Waals surface area (Å²) in [5.41, 5.74) is -0.529. The van der Waals surface area contributed by atoms with Crippen LogP contribution in [0.5, 0.6) is 0 Å². The van der Waals surface area contributed by atoms with Crippen LogP contribution in [0.4, 0.5) is 4.39 Å². The summed E-state index contributed by atoms with van der Waals surface area (Å²) in [6.07, 6.45) is 0.549. The number of likely N-dealkylation sites (tertiary alicyclic amines) is 2. The number of nitrogens with zero attached hydrogens (tertiary/aromatic N) is 2. The lowest BCUT2D eigenvalue weighted by molar-refractivity contribution is -0.143. The number of hydrogen-bond acceptors (Lipinski definition) is 3. The number of piperidine rings is 1. The summed E-state index contributed by atoms with van der Waals surface area (Å²) in [7, 11) is 2.01. The van der Waals surface area contributed by atoms with Crippen molar-refractivity contribution in [2.24, 2.45) is 5.41 Å². The Balaban J connectivity index is 2.12. The standard InChI is InChI=1S/C12H19FN2O2/c1-9(13)8-15-10(16)7-12(11(15)17)3-5-14(2)6-4-12/h9H,3-8H2,1-2H3. The lowest BCUT2D eigenvalue weighted by Gasteiger charge is -2.35. The molecule has 2 rings (SSSR count). The third-order valence-corrected chi connectivity index (χ3v) is 3.87. The van der Waals surface area contributed by atoms with Crippen LogP contribution in [0.25, 0.3) is 0 Å². The van der Waals surface area contributed by atoms with Gasteiger partial charge in [-0.1, -0.05) is 0 Å². The maximum absolute atomic E-state index is 13.0. The average molecular weight is 242 g/mol. The van der Waals surface area contributed by atoms with E-state index in [2.05, 4.69) is 4.90 Å². The fraction of sp³-hybridized carbons (Fsp3) is 0.833. The van der Waals surface area contributed by atoms with Crippen LogP contribution in [0, 0.1) is 5.41 Å². The average Bonchev–Trinajstić information content (AvgIpc) is 2.48. The molecule has 4 nitrogen and oxygen atoms in total. The molecule has 0 aromatic heterocycles. The highest BCUT2D eigenvalue weighted by molar-refractivity contribution is 6.06. The molecule has 2 aliphatic heterocycles. The second-order valence-corrected chi connectivity index (χ2v) is 5.35. The first-order chi connectivity index (χ1) is 7.94. The van der Waals surface area contributed by atoms with Gasteiger partial charge in [0.2, 0.25) is 11.8 Å². The predicted octanol–water partition coefficient (Wildman–Crippen LogP) is 0.815. The van der Waals surface area contributed by atoms with Crippen LogP contribution in [0.15, 0.2) is 0 Å². The van der Waals surface area contributed by atoms with Crippen molar-refractivity contribution in [1.82, 2.24) is 9.80 Å². The summed E-state index contributed by atoms with van der Waals surface area (Å²) in [5.74, 6) is -0.357. The Morgan fingerprint density at radius 2 is 1.94 bits per heavy atom. The molecule has 1 atom stereocenters. The molecule has 5 heteroatoms.